The van der Waals surface area contributed by atoms with Crippen molar-refractivity contribution >= 4 is 25.9 Å². The first kappa shape index (κ1) is 29.0. The Hall–Kier alpha value is -2.06. The van der Waals surface area contributed by atoms with Gasteiger partial charge in [-0.3, -0.25) is 9.59 Å². The topological polar surface area (TPSA) is 108 Å². The summed E-state index contributed by atoms with van der Waals surface area (Å²) in [6, 6.07) is -0.667. The molecule has 7 nitrogen and oxygen atoms in total. The fraction of sp³-hybridized carbons (Fsp3) is 0.773. The van der Waals surface area contributed by atoms with Gasteiger partial charge in [0, 0.05) is 14.5 Å². The van der Waals surface area contributed by atoms with Gasteiger partial charge in [-0.1, -0.05) is 38.4 Å². The molecular weight excluding hydrogens is 457 g/mol. The zero-order valence-corrected chi connectivity index (χ0v) is 20.8. The summed E-state index contributed by atoms with van der Waals surface area (Å²) in [7, 11) is -1.48. The van der Waals surface area contributed by atoms with E-state index < -0.39 is 43.7 Å². The van der Waals surface area contributed by atoms with Crippen molar-refractivity contribution in [3.8, 4) is 11.8 Å². The van der Waals surface area contributed by atoms with Crippen LogP contribution < -0.4 is 11.1 Å². The van der Waals surface area contributed by atoms with Crippen LogP contribution in [0.25, 0.3) is 0 Å². The molecule has 1 aliphatic rings. The van der Waals surface area contributed by atoms with Crippen LogP contribution >= 0.6 is 0 Å². The molecule has 1 saturated carbocycles. The molecule has 1 aliphatic carbocycles. The quantitative estimate of drug-likeness (QED) is 0.188. The summed E-state index contributed by atoms with van der Waals surface area (Å²) in [4.78, 5) is 35.3. The van der Waals surface area contributed by atoms with Crippen LogP contribution in [-0.2, 0) is 23.9 Å². The molecule has 3 N–H and O–H groups in total. The number of carbonyl (C=O) groups excluding carboxylic acids is 3. The number of carbonyl (C=O) groups is 3. The van der Waals surface area contributed by atoms with E-state index in [1.165, 1.54) is 0 Å². The molecule has 11 heteroatoms. The number of ether oxygens (including phenoxy) is 2. The monoisotopic (exact) mass is 492 g/mol. The van der Waals surface area contributed by atoms with Crippen LogP contribution in [0.2, 0.25) is 25.7 Å². The zero-order chi connectivity index (χ0) is 25.3. The number of rotatable bonds is 12. The van der Waals surface area contributed by atoms with Gasteiger partial charge in [0.05, 0.1) is 19.1 Å². The average molecular weight is 493 g/mol. The third kappa shape index (κ3) is 10.6. The molecule has 0 radical (unpaired) electrons. The molecule has 3 atom stereocenters. The summed E-state index contributed by atoms with van der Waals surface area (Å²) in [5.41, 5.74) is 4.91. The van der Waals surface area contributed by atoms with E-state index in [0.29, 0.717) is 38.1 Å². The van der Waals surface area contributed by atoms with Crippen LogP contribution in [0, 0.1) is 17.8 Å². The van der Waals surface area contributed by atoms with Crippen LogP contribution in [0.15, 0.2) is 0 Å². The Bertz CT molecular complexity index is 758. The number of nitrogens with one attached hydrogen (secondary N) is 1. The fourth-order valence-electron chi connectivity index (χ4n) is 2.93. The Labute approximate surface area is 194 Å². The predicted molar refractivity (Wildman–Crippen MR) is 120 cm³/mol. The number of amides is 1. The highest BCUT2D eigenvalue weighted by molar-refractivity contribution is 6.76. The number of hydrogen-bond donors (Lipinski definition) is 2. The minimum absolute atomic E-state index is 0.0401. The first-order valence-corrected chi connectivity index (χ1v) is 14.9. The second-order valence-corrected chi connectivity index (χ2v) is 15.1. The van der Waals surface area contributed by atoms with Gasteiger partial charge < -0.3 is 20.5 Å². The molecule has 188 valence electrons. The second kappa shape index (κ2) is 12.4. The summed E-state index contributed by atoms with van der Waals surface area (Å²) in [6.07, 6.45) is -2.38. The molecule has 1 rings (SSSR count). The maximum atomic E-state index is 12.6. The lowest BCUT2D eigenvalue weighted by molar-refractivity contribution is -0.176. The third-order valence-electron chi connectivity index (χ3n) is 5.17. The SMILES string of the molecule is CCOC(=O)[C@@]1(N)C[C@H]1C#CCCCCC[C@H](NC(=O)C(F)(F)F)C(=O)OCC[Si](C)(C)C. The van der Waals surface area contributed by atoms with Crippen molar-refractivity contribution in [3.63, 3.8) is 0 Å². The lowest BCUT2D eigenvalue weighted by Crippen LogP contribution is -2.47. The van der Waals surface area contributed by atoms with Crippen molar-refractivity contribution < 1.29 is 37.0 Å². The van der Waals surface area contributed by atoms with Crippen LogP contribution in [0.3, 0.4) is 0 Å². The summed E-state index contributed by atoms with van der Waals surface area (Å²) in [5, 5.41) is 1.75. The normalized spacial score (nSPS) is 20.8. The van der Waals surface area contributed by atoms with Gasteiger partial charge in [-0.15, -0.1) is 5.92 Å². The van der Waals surface area contributed by atoms with Crippen molar-refractivity contribution in [3.05, 3.63) is 0 Å². The van der Waals surface area contributed by atoms with Gasteiger partial charge in [0.1, 0.15) is 11.6 Å². The molecule has 33 heavy (non-hydrogen) atoms. The van der Waals surface area contributed by atoms with E-state index in [1.807, 2.05) is 0 Å². The number of unbranched alkanes of at least 4 members (excludes halogenated alkanes) is 3. The van der Waals surface area contributed by atoms with Crippen LogP contribution in [-0.4, -0.2) is 56.9 Å². The summed E-state index contributed by atoms with van der Waals surface area (Å²) in [5.74, 6) is 2.23. The number of nitrogens with two attached hydrogens (primary N) is 1. The summed E-state index contributed by atoms with van der Waals surface area (Å²) in [6.45, 7) is 8.34. The number of alkyl halides is 3. The van der Waals surface area contributed by atoms with E-state index in [2.05, 4.69) is 31.5 Å². The van der Waals surface area contributed by atoms with Gasteiger partial charge >= 0.3 is 24.0 Å². The molecule has 0 spiro atoms. The van der Waals surface area contributed by atoms with Crippen LogP contribution in [0.5, 0.6) is 0 Å². The van der Waals surface area contributed by atoms with Crippen molar-refractivity contribution in [2.75, 3.05) is 13.2 Å². The molecule has 1 fully saturated rings. The standard InChI is InChI=1S/C22H35F3N2O5Si/c1-5-31-20(30)21(26)15-16(21)11-9-7-6-8-10-12-17(27-19(29)22(23,24)25)18(28)32-13-14-33(2,3)4/h16-17H,5-8,10,12-15,26H2,1-4H3,(H,27,29)/t16-,17+,21-/m1/s1. The Kier molecular flexibility index (Phi) is 10.9. The van der Waals surface area contributed by atoms with Gasteiger partial charge in [0.2, 0.25) is 0 Å². The summed E-state index contributed by atoms with van der Waals surface area (Å²) < 4.78 is 47.9. The molecule has 0 aromatic carbocycles. The van der Waals surface area contributed by atoms with E-state index in [-0.39, 0.29) is 25.6 Å². The predicted octanol–water partition coefficient (Wildman–Crippen LogP) is 3.15. The molecular formula is C22H35F3N2O5Si. The number of halogens is 3. The molecule has 0 bridgehead atoms. The van der Waals surface area contributed by atoms with Crippen molar-refractivity contribution in [2.24, 2.45) is 11.7 Å². The summed E-state index contributed by atoms with van der Waals surface area (Å²) >= 11 is 0. The molecule has 0 unspecified atom stereocenters. The lowest BCUT2D eigenvalue weighted by atomic mass is 10.1. The smallest absolute Gasteiger partial charge is 0.465 e. The maximum Gasteiger partial charge on any atom is 0.471 e. The largest absolute Gasteiger partial charge is 0.471 e. The van der Waals surface area contributed by atoms with Gasteiger partial charge in [-0.05, 0) is 32.2 Å². The van der Waals surface area contributed by atoms with Crippen molar-refractivity contribution in [2.45, 2.75) is 88.9 Å². The minimum atomic E-state index is -5.07. The zero-order valence-electron chi connectivity index (χ0n) is 19.8. The average Bonchev–Trinajstić information content (AvgIpc) is 3.35. The molecule has 0 saturated heterocycles. The first-order chi connectivity index (χ1) is 15.2. The van der Waals surface area contributed by atoms with Crippen molar-refractivity contribution in [1.82, 2.24) is 5.32 Å². The van der Waals surface area contributed by atoms with Crippen LogP contribution in [0.1, 0.15) is 45.4 Å². The Morgan fingerprint density at radius 1 is 1.18 bits per heavy atom. The van der Waals surface area contributed by atoms with E-state index in [0.717, 1.165) is 0 Å². The molecule has 0 aromatic rings. The van der Waals surface area contributed by atoms with E-state index >= 15 is 0 Å². The Morgan fingerprint density at radius 2 is 1.85 bits per heavy atom. The van der Waals surface area contributed by atoms with E-state index in [1.54, 1.807) is 12.2 Å². The molecule has 0 heterocycles. The maximum absolute atomic E-state index is 12.6. The van der Waals surface area contributed by atoms with Gasteiger partial charge in [0.15, 0.2) is 0 Å². The highest BCUT2D eigenvalue weighted by atomic mass is 28.3. The van der Waals surface area contributed by atoms with Gasteiger partial charge in [-0.2, -0.15) is 13.2 Å². The van der Waals surface area contributed by atoms with Gasteiger partial charge in [0.25, 0.3) is 0 Å². The van der Waals surface area contributed by atoms with E-state index in [4.69, 9.17) is 15.2 Å². The Morgan fingerprint density at radius 3 is 2.42 bits per heavy atom. The third-order valence-corrected chi connectivity index (χ3v) is 6.88. The fourth-order valence-corrected chi connectivity index (χ4v) is 3.65. The molecule has 0 aliphatic heterocycles. The van der Waals surface area contributed by atoms with E-state index in [9.17, 15) is 27.6 Å². The van der Waals surface area contributed by atoms with Crippen LogP contribution in [0.4, 0.5) is 13.2 Å². The highest BCUT2D eigenvalue weighted by Crippen LogP contribution is 2.41. The van der Waals surface area contributed by atoms with Crippen molar-refractivity contribution in [1.29, 1.82) is 0 Å². The highest BCUT2D eigenvalue weighted by Gasteiger charge is 2.58. The second-order valence-electron chi connectivity index (χ2n) is 9.44. The lowest BCUT2D eigenvalue weighted by Gasteiger charge is -2.20. The number of hydrogen-bond acceptors (Lipinski definition) is 6. The molecule has 1 amide bonds. The van der Waals surface area contributed by atoms with Gasteiger partial charge in [-0.25, -0.2) is 4.79 Å². The Balaban J connectivity index is 2.44. The minimum Gasteiger partial charge on any atom is -0.465 e. The number of esters is 2. The first-order valence-electron chi connectivity index (χ1n) is 11.2. The molecule has 0 aromatic heterocycles.